The highest BCUT2D eigenvalue weighted by Crippen LogP contribution is 2.19. The summed E-state index contributed by atoms with van der Waals surface area (Å²) in [6.07, 6.45) is 8.15. The van der Waals surface area contributed by atoms with Gasteiger partial charge in [-0.3, -0.25) is 14.4 Å². The Hall–Kier alpha value is -5.09. The molecule has 224 valence electrons. The molecule has 2 aromatic carbocycles. The van der Waals surface area contributed by atoms with Crippen LogP contribution in [0.5, 0.6) is 5.75 Å². The summed E-state index contributed by atoms with van der Waals surface area (Å²) < 4.78 is 8.57. The van der Waals surface area contributed by atoms with Gasteiger partial charge < -0.3 is 34.7 Å². The summed E-state index contributed by atoms with van der Waals surface area (Å²) in [4.78, 5) is 40.6. The number of rotatable bonds is 12. The van der Waals surface area contributed by atoms with Crippen LogP contribution in [0.4, 0.5) is 11.4 Å². The Balaban J connectivity index is 1.34. The summed E-state index contributed by atoms with van der Waals surface area (Å²) in [6, 6.07) is 18.2. The number of nitrogens with zero attached hydrogens (tertiary/aromatic N) is 3. The number of amides is 3. The topological polar surface area (TPSA) is 110 Å². The van der Waals surface area contributed by atoms with E-state index in [1.807, 2.05) is 62.6 Å². The molecule has 4 rings (SSSR count). The first-order valence-corrected chi connectivity index (χ1v) is 13.9. The number of benzene rings is 2. The Morgan fingerprint density at radius 3 is 2.02 bits per heavy atom. The van der Waals surface area contributed by atoms with E-state index in [0.29, 0.717) is 34.9 Å². The molecule has 4 aromatic rings. The molecule has 10 heteroatoms. The third kappa shape index (κ3) is 8.46. The summed E-state index contributed by atoms with van der Waals surface area (Å²) in [5, 5.41) is 8.60. The maximum Gasteiger partial charge on any atom is 0.272 e. The standard InChI is InChI=1S/C33H38N6O4/c1-37(2)17-7-16-34-32(41)29-19-27(22-38(29)3)36-33(42)30-20-26(21-39(30)4)35-31(40)25-14-12-23(13-15-25)10-11-24-8-6-9-28(18-24)43-5/h6,8-15,18-22H,7,16-17H2,1-5H3,(H,34,41)(H,35,40)(H,36,42)/b11-10+. The van der Waals surface area contributed by atoms with E-state index in [1.165, 1.54) is 0 Å². The molecule has 0 aliphatic carbocycles. The average Bonchev–Trinajstić information content (AvgIpc) is 3.55. The molecular formula is C33H38N6O4. The number of anilines is 2. The highest BCUT2D eigenvalue weighted by Gasteiger charge is 2.17. The number of nitrogens with one attached hydrogen (secondary N) is 3. The molecule has 0 unspecified atom stereocenters. The van der Waals surface area contributed by atoms with E-state index < -0.39 is 0 Å². The van der Waals surface area contributed by atoms with Gasteiger partial charge in [0.05, 0.1) is 18.5 Å². The number of hydrogen-bond donors (Lipinski definition) is 3. The first-order chi connectivity index (χ1) is 20.6. The van der Waals surface area contributed by atoms with E-state index in [0.717, 1.165) is 29.8 Å². The monoisotopic (exact) mass is 582 g/mol. The molecule has 2 aromatic heterocycles. The molecule has 0 fully saturated rings. The molecule has 0 saturated heterocycles. The molecule has 10 nitrogen and oxygen atoms in total. The van der Waals surface area contributed by atoms with Crippen molar-refractivity contribution in [3.05, 3.63) is 101 Å². The second kappa shape index (κ2) is 14.2. The van der Waals surface area contributed by atoms with Gasteiger partial charge in [-0.2, -0.15) is 0 Å². The number of hydrogen-bond acceptors (Lipinski definition) is 5. The van der Waals surface area contributed by atoms with Crippen molar-refractivity contribution in [3.8, 4) is 5.75 Å². The van der Waals surface area contributed by atoms with Gasteiger partial charge in [0.15, 0.2) is 0 Å². The largest absolute Gasteiger partial charge is 0.497 e. The van der Waals surface area contributed by atoms with Crippen LogP contribution < -0.4 is 20.7 Å². The van der Waals surface area contributed by atoms with E-state index in [1.54, 1.807) is 67.0 Å². The Morgan fingerprint density at radius 2 is 1.40 bits per heavy atom. The molecule has 3 N–H and O–H groups in total. The minimum absolute atomic E-state index is 0.202. The van der Waals surface area contributed by atoms with Crippen molar-refractivity contribution in [2.45, 2.75) is 6.42 Å². The van der Waals surface area contributed by atoms with Crippen molar-refractivity contribution >= 4 is 41.2 Å². The van der Waals surface area contributed by atoms with Crippen molar-refractivity contribution in [3.63, 3.8) is 0 Å². The molecule has 0 bridgehead atoms. The van der Waals surface area contributed by atoms with E-state index >= 15 is 0 Å². The Morgan fingerprint density at radius 1 is 0.791 bits per heavy atom. The summed E-state index contributed by atoms with van der Waals surface area (Å²) in [6.45, 7) is 1.44. The van der Waals surface area contributed by atoms with Gasteiger partial charge in [-0.25, -0.2) is 0 Å². The quantitative estimate of drug-likeness (QED) is 0.165. The van der Waals surface area contributed by atoms with Gasteiger partial charge in [0.2, 0.25) is 0 Å². The minimum atomic E-state index is -0.362. The SMILES string of the molecule is COc1cccc(/C=C/c2ccc(C(=O)Nc3cc(C(=O)Nc4cc(C(=O)NCCCN(C)C)n(C)c4)n(C)c3)cc2)c1. The fraction of sp³-hybridized carbons (Fsp3) is 0.242. The van der Waals surface area contributed by atoms with Crippen LogP contribution in [-0.4, -0.2) is 66.1 Å². The molecule has 0 radical (unpaired) electrons. The van der Waals surface area contributed by atoms with Crippen LogP contribution in [0.15, 0.2) is 73.1 Å². The lowest BCUT2D eigenvalue weighted by Gasteiger charge is -2.10. The van der Waals surface area contributed by atoms with Gasteiger partial charge in [-0.05, 0) is 74.6 Å². The van der Waals surface area contributed by atoms with Crippen molar-refractivity contribution < 1.29 is 19.1 Å². The number of aryl methyl sites for hydroxylation is 2. The van der Waals surface area contributed by atoms with E-state index in [4.69, 9.17) is 4.74 Å². The lowest BCUT2D eigenvalue weighted by atomic mass is 10.1. The zero-order valence-corrected chi connectivity index (χ0v) is 25.2. The first-order valence-electron chi connectivity index (χ1n) is 13.9. The van der Waals surface area contributed by atoms with Gasteiger partial charge in [0.1, 0.15) is 17.1 Å². The van der Waals surface area contributed by atoms with E-state index in [2.05, 4.69) is 20.9 Å². The highest BCUT2D eigenvalue weighted by atomic mass is 16.5. The molecule has 0 saturated carbocycles. The van der Waals surface area contributed by atoms with Crippen LogP contribution in [0.3, 0.4) is 0 Å². The van der Waals surface area contributed by atoms with Crippen LogP contribution in [0, 0.1) is 0 Å². The smallest absolute Gasteiger partial charge is 0.272 e. The second-order valence-corrected chi connectivity index (χ2v) is 10.5. The summed E-state index contributed by atoms with van der Waals surface area (Å²) in [5.41, 5.74) is 4.24. The molecule has 43 heavy (non-hydrogen) atoms. The Labute approximate surface area is 252 Å². The van der Waals surface area contributed by atoms with Gasteiger partial charge >= 0.3 is 0 Å². The summed E-state index contributed by atoms with van der Waals surface area (Å²) in [7, 11) is 9.09. The van der Waals surface area contributed by atoms with Gasteiger partial charge in [-0.15, -0.1) is 0 Å². The molecule has 0 aliphatic rings. The number of ether oxygens (including phenoxy) is 1. The minimum Gasteiger partial charge on any atom is -0.497 e. The molecule has 0 aliphatic heterocycles. The number of carbonyl (C=O) groups excluding carboxylic acids is 3. The lowest BCUT2D eigenvalue weighted by molar-refractivity contribution is 0.0942. The van der Waals surface area contributed by atoms with E-state index in [-0.39, 0.29) is 17.7 Å². The zero-order chi connectivity index (χ0) is 30.9. The van der Waals surface area contributed by atoms with E-state index in [9.17, 15) is 14.4 Å². The Bertz CT molecular complexity index is 1610. The van der Waals surface area contributed by atoms with Crippen molar-refractivity contribution in [1.29, 1.82) is 0 Å². The normalized spacial score (nSPS) is 11.1. The summed E-state index contributed by atoms with van der Waals surface area (Å²) in [5.74, 6) is -0.0634. The first kappa shape index (κ1) is 30.9. The second-order valence-electron chi connectivity index (χ2n) is 10.5. The Kier molecular flexibility index (Phi) is 10.2. The third-order valence-corrected chi connectivity index (χ3v) is 6.79. The molecule has 2 heterocycles. The number of aromatic nitrogens is 2. The van der Waals surface area contributed by atoms with Crippen molar-refractivity contribution in [2.24, 2.45) is 14.1 Å². The van der Waals surface area contributed by atoms with Gasteiger partial charge in [0, 0.05) is 38.6 Å². The molecule has 3 amide bonds. The van der Waals surface area contributed by atoms with Crippen LogP contribution in [0.2, 0.25) is 0 Å². The molecule has 0 spiro atoms. The fourth-order valence-corrected chi connectivity index (χ4v) is 4.49. The number of carbonyl (C=O) groups is 3. The van der Waals surface area contributed by atoms with Gasteiger partial charge in [-0.1, -0.05) is 36.4 Å². The molecular weight excluding hydrogens is 544 g/mol. The predicted octanol–water partition coefficient (Wildman–Crippen LogP) is 4.73. The van der Waals surface area contributed by atoms with Crippen LogP contribution in [0.1, 0.15) is 48.9 Å². The average molecular weight is 583 g/mol. The molecule has 0 atom stereocenters. The van der Waals surface area contributed by atoms with Gasteiger partial charge in [0.25, 0.3) is 17.7 Å². The maximum absolute atomic E-state index is 13.0. The summed E-state index contributed by atoms with van der Waals surface area (Å²) >= 11 is 0. The van der Waals surface area contributed by atoms with Crippen molar-refractivity contribution in [1.82, 2.24) is 19.4 Å². The lowest BCUT2D eigenvalue weighted by Crippen LogP contribution is -2.28. The van der Waals surface area contributed by atoms with Crippen LogP contribution in [-0.2, 0) is 14.1 Å². The number of methoxy groups -OCH3 is 1. The zero-order valence-electron chi connectivity index (χ0n) is 25.2. The van der Waals surface area contributed by atoms with Crippen molar-refractivity contribution in [2.75, 3.05) is 44.9 Å². The third-order valence-electron chi connectivity index (χ3n) is 6.79. The van der Waals surface area contributed by atoms with Crippen LogP contribution in [0.25, 0.3) is 12.2 Å². The highest BCUT2D eigenvalue weighted by molar-refractivity contribution is 6.07. The predicted molar refractivity (Wildman–Crippen MR) is 171 cm³/mol. The fourth-order valence-electron chi connectivity index (χ4n) is 4.49. The van der Waals surface area contributed by atoms with Crippen LogP contribution >= 0.6 is 0 Å². The maximum atomic E-state index is 13.0.